The molecule has 0 saturated carbocycles. The molecular formula is C18H21NO4S. The Balaban J connectivity index is 1.89. The molecule has 3 rings (SSSR count). The van der Waals surface area contributed by atoms with Crippen molar-refractivity contribution < 1.29 is 17.6 Å². The number of aryl methyl sites for hydroxylation is 1. The number of para-hydroxylation sites is 1. The molecule has 6 heteroatoms. The van der Waals surface area contributed by atoms with Crippen LogP contribution in [0, 0.1) is 0 Å². The number of furan rings is 1. The smallest absolute Gasteiger partial charge is 0.293 e. The maximum Gasteiger partial charge on any atom is 0.293 e. The number of fused-ring (bicyclic) bond motifs is 1. The molecule has 0 spiro atoms. The molecule has 0 fully saturated rings. The first-order chi connectivity index (χ1) is 11.4. The van der Waals surface area contributed by atoms with Crippen LogP contribution in [0.15, 0.2) is 40.8 Å². The highest BCUT2D eigenvalue weighted by molar-refractivity contribution is 7.89. The number of hydrogen-bond acceptors (Lipinski definition) is 4. The molecule has 0 aliphatic carbocycles. The highest BCUT2D eigenvalue weighted by Crippen LogP contribution is 2.27. The van der Waals surface area contributed by atoms with Crippen molar-refractivity contribution in [3.05, 3.63) is 53.5 Å². The fourth-order valence-corrected chi connectivity index (χ4v) is 3.71. The monoisotopic (exact) mass is 347 g/mol. The molecule has 2 heterocycles. The third-order valence-corrected chi connectivity index (χ3v) is 4.94. The number of nitrogens with zero attached hydrogens (tertiary/aromatic N) is 1. The van der Waals surface area contributed by atoms with Gasteiger partial charge in [0, 0.05) is 18.5 Å². The van der Waals surface area contributed by atoms with Crippen LogP contribution in [-0.2, 0) is 22.0 Å². The van der Waals surface area contributed by atoms with E-state index in [9.17, 15) is 13.2 Å². The molecular weight excluding hydrogens is 326 g/mol. The summed E-state index contributed by atoms with van der Waals surface area (Å²) in [5, 5.41) is 0. The highest BCUT2D eigenvalue weighted by Gasteiger charge is 2.24. The fraction of sp³-hybridized carbons (Fsp3) is 0.389. The molecule has 1 amide bonds. The molecule has 128 valence electrons. The van der Waals surface area contributed by atoms with Gasteiger partial charge in [0.25, 0.3) is 5.91 Å². The summed E-state index contributed by atoms with van der Waals surface area (Å²) in [7, 11) is -3.19. The van der Waals surface area contributed by atoms with E-state index in [1.807, 2.05) is 18.2 Å². The summed E-state index contributed by atoms with van der Waals surface area (Å²) in [4.78, 5) is 14.6. The summed E-state index contributed by atoms with van der Waals surface area (Å²) in [6.45, 7) is 0.637. The van der Waals surface area contributed by atoms with Crippen molar-refractivity contribution in [2.45, 2.75) is 31.4 Å². The second-order valence-corrected chi connectivity index (χ2v) is 8.37. The van der Waals surface area contributed by atoms with Gasteiger partial charge in [-0.05, 0) is 43.0 Å². The number of amides is 1. The molecule has 1 aliphatic rings. The SMILES string of the molecule is CS(=O)(=O)Cc1ccc(C(=O)N2CCCCCc3ccccc32)o1. The van der Waals surface area contributed by atoms with Gasteiger partial charge in [0.2, 0.25) is 0 Å². The summed E-state index contributed by atoms with van der Waals surface area (Å²) in [6, 6.07) is 11.0. The van der Waals surface area contributed by atoms with Crippen LogP contribution in [0.2, 0.25) is 0 Å². The fourth-order valence-electron chi connectivity index (χ4n) is 3.04. The minimum absolute atomic E-state index is 0.184. The van der Waals surface area contributed by atoms with Gasteiger partial charge in [0.15, 0.2) is 15.6 Å². The van der Waals surface area contributed by atoms with E-state index in [0.29, 0.717) is 12.3 Å². The predicted octanol–water partition coefficient (Wildman–Crippen LogP) is 3.20. The zero-order valence-electron chi connectivity index (χ0n) is 13.7. The van der Waals surface area contributed by atoms with Gasteiger partial charge in [-0.3, -0.25) is 4.79 Å². The van der Waals surface area contributed by atoms with Crippen LogP contribution < -0.4 is 4.90 Å². The zero-order chi connectivity index (χ0) is 17.2. The molecule has 2 aromatic rings. The van der Waals surface area contributed by atoms with Crippen LogP contribution in [0.3, 0.4) is 0 Å². The van der Waals surface area contributed by atoms with E-state index in [1.165, 1.54) is 0 Å². The number of rotatable bonds is 3. The lowest BCUT2D eigenvalue weighted by Gasteiger charge is -2.26. The topological polar surface area (TPSA) is 67.6 Å². The standard InChI is InChI=1S/C18H21NO4S/c1-24(21,22)13-15-10-11-17(23-15)18(20)19-12-6-2-3-7-14-8-4-5-9-16(14)19/h4-5,8-11H,2-3,6-7,12-13H2,1H3. The summed E-state index contributed by atoms with van der Waals surface area (Å²) in [6.07, 6.45) is 5.24. The summed E-state index contributed by atoms with van der Waals surface area (Å²) >= 11 is 0. The zero-order valence-corrected chi connectivity index (χ0v) is 14.5. The van der Waals surface area contributed by atoms with Crippen molar-refractivity contribution in [3.8, 4) is 0 Å². The third-order valence-electron chi connectivity index (χ3n) is 4.13. The van der Waals surface area contributed by atoms with Gasteiger partial charge in [0.05, 0.1) is 0 Å². The lowest BCUT2D eigenvalue weighted by molar-refractivity contribution is 0.0957. The van der Waals surface area contributed by atoms with E-state index in [4.69, 9.17) is 4.42 Å². The lowest BCUT2D eigenvalue weighted by Crippen LogP contribution is -2.33. The minimum Gasteiger partial charge on any atom is -0.455 e. The number of benzene rings is 1. The molecule has 5 nitrogen and oxygen atoms in total. The largest absolute Gasteiger partial charge is 0.455 e. The van der Waals surface area contributed by atoms with E-state index in [2.05, 4.69) is 6.07 Å². The van der Waals surface area contributed by atoms with Gasteiger partial charge in [-0.25, -0.2) is 8.42 Å². The summed E-state index contributed by atoms with van der Waals surface area (Å²) in [5.74, 6) is 0.0611. The highest BCUT2D eigenvalue weighted by atomic mass is 32.2. The maximum absolute atomic E-state index is 12.9. The van der Waals surface area contributed by atoms with Crippen LogP contribution in [-0.4, -0.2) is 27.1 Å². The summed E-state index contributed by atoms with van der Waals surface area (Å²) < 4.78 is 28.2. The Morgan fingerprint density at radius 3 is 2.71 bits per heavy atom. The Labute approximate surface area is 142 Å². The minimum atomic E-state index is -3.19. The van der Waals surface area contributed by atoms with Crippen LogP contribution in [0.5, 0.6) is 0 Å². The van der Waals surface area contributed by atoms with Gasteiger partial charge < -0.3 is 9.32 Å². The molecule has 0 N–H and O–H groups in total. The molecule has 0 saturated heterocycles. The van der Waals surface area contributed by atoms with Crippen LogP contribution in [0.4, 0.5) is 5.69 Å². The Morgan fingerprint density at radius 1 is 1.12 bits per heavy atom. The number of carbonyl (C=O) groups excluding carboxylic acids is 1. The Hall–Kier alpha value is -2.08. The van der Waals surface area contributed by atoms with Crippen molar-refractivity contribution >= 4 is 21.4 Å². The average Bonchev–Trinajstić information content (AvgIpc) is 2.94. The molecule has 24 heavy (non-hydrogen) atoms. The van der Waals surface area contributed by atoms with Gasteiger partial charge in [-0.2, -0.15) is 0 Å². The second kappa shape index (κ2) is 6.81. The first-order valence-corrected chi connectivity index (χ1v) is 10.2. The summed E-state index contributed by atoms with van der Waals surface area (Å²) in [5.41, 5.74) is 2.08. The molecule has 0 bridgehead atoms. The number of sulfone groups is 1. The molecule has 1 aromatic heterocycles. The first kappa shape index (κ1) is 16.8. The quantitative estimate of drug-likeness (QED) is 0.855. The van der Waals surface area contributed by atoms with Gasteiger partial charge >= 0.3 is 0 Å². The van der Waals surface area contributed by atoms with Crippen LogP contribution in [0.25, 0.3) is 0 Å². The normalized spacial score (nSPS) is 15.5. The van der Waals surface area contributed by atoms with E-state index in [-0.39, 0.29) is 17.4 Å². The first-order valence-electron chi connectivity index (χ1n) is 8.10. The van der Waals surface area contributed by atoms with Gasteiger partial charge in [0.1, 0.15) is 11.5 Å². The second-order valence-electron chi connectivity index (χ2n) is 6.23. The van der Waals surface area contributed by atoms with Crippen molar-refractivity contribution in [3.63, 3.8) is 0 Å². The average molecular weight is 347 g/mol. The van der Waals surface area contributed by atoms with Crippen molar-refractivity contribution in [1.82, 2.24) is 0 Å². The molecule has 0 atom stereocenters. The van der Waals surface area contributed by atoms with Gasteiger partial charge in [-0.1, -0.05) is 24.6 Å². The van der Waals surface area contributed by atoms with E-state index in [1.54, 1.807) is 17.0 Å². The van der Waals surface area contributed by atoms with Crippen molar-refractivity contribution in [2.75, 3.05) is 17.7 Å². The van der Waals surface area contributed by atoms with Crippen molar-refractivity contribution in [1.29, 1.82) is 0 Å². The molecule has 1 aromatic carbocycles. The maximum atomic E-state index is 12.9. The van der Waals surface area contributed by atoms with Crippen LogP contribution in [0.1, 0.15) is 41.1 Å². The van der Waals surface area contributed by atoms with Gasteiger partial charge in [-0.15, -0.1) is 0 Å². The molecule has 0 radical (unpaired) electrons. The van der Waals surface area contributed by atoms with Crippen LogP contribution >= 0.6 is 0 Å². The lowest BCUT2D eigenvalue weighted by atomic mass is 10.0. The predicted molar refractivity (Wildman–Crippen MR) is 92.9 cm³/mol. The van der Waals surface area contributed by atoms with Crippen molar-refractivity contribution in [2.24, 2.45) is 0 Å². The van der Waals surface area contributed by atoms with E-state index < -0.39 is 9.84 Å². The van der Waals surface area contributed by atoms with E-state index >= 15 is 0 Å². The Bertz CT molecular complexity index is 838. The third kappa shape index (κ3) is 3.87. The number of anilines is 1. The van der Waals surface area contributed by atoms with E-state index in [0.717, 1.165) is 43.2 Å². The molecule has 1 aliphatic heterocycles. The number of hydrogen-bond donors (Lipinski definition) is 0. The Morgan fingerprint density at radius 2 is 1.92 bits per heavy atom. The number of carbonyl (C=O) groups is 1. The molecule has 0 unspecified atom stereocenters. The Kier molecular flexibility index (Phi) is 4.76.